The maximum Gasteiger partial charge on any atom is 0.269 e. The van der Waals surface area contributed by atoms with Gasteiger partial charge >= 0.3 is 0 Å². The summed E-state index contributed by atoms with van der Waals surface area (Å²) >= 11 is 0. The lowest BCUT2D eigenvalue weighted by molar-refractivity contribution is -0.384. The number of hydrogen-bond donors (Lipinski definition) is 0. The Morgan fingerprint density at radius 1 is 1.07 bits per heavy atom. The Kier molecular flexibility index (Phi) is 5.24. The SMILES string of the molecule is C[Si](C)(C)C#Cc1nn(Cc2ccccc2)cc1-c1ccc([N+](=O)[O-])cc1. The van der Waals surface area contributed by atoms with Gasteiger partial charge in [0.15, 0.2) is 0 Å². The number of benzene rings is 2. The summed E-state index contributed by atoms with van der Waals surface area (Å²) in [6.07, 6.45) is 1.96. The number of aromatic nitrogens is 2. The molecule has 0 saturated heterocycles. The number of nitro groups is 1. The maximum absolute atomic E-state index is 10.9. The van der Waals surface area contributed by atoms with Crippen molar-refractivity contribution < 1.29 is 4.92 Å². The summed E-state index contributed by atoms with van der Waals surface area (Å²) in [5, 5.41) is 15.6. The molecule has 0 unspecified atom stereocenters. The van der Waals surface area contributed by atoms with Crippen LogP contribution in [0.3, 0.4) is 0 Å². The molecule has 0 aliphatic rings. The quantitative estimate of drug-likeness (QED) is 0.286. The van der Waals surface area contributed by atoms with Crippen LogP contribution in [-0.4, -0.2) is 22.8 Å². The summed E-state index contributed by atoms with van der Waals surface area (Å²) in [4.78, 5) is 10.5. The van der Waals surface area contributed by atoms with Gasteiger partial charge in [0, 0.05) is 23.9 Å². The first-order valence-electron chi connectivity index (χ1n) is 8.71. The molecule has 2 aromatic carbocycles. The van der Waals surface area contributed by atoms with Crippen molar-refractivity contribution in [1.82, 2.24) is 9.78 Å². The molecule has 0 atom stereocenters. The van der Waals surface area contributed by atoms with E-state index >= 15 is 0 Å². The largest absolute Gasteiger partial charge is 0.269 e. The third kappa shape index (κ3) is 4.93. The molecular weight excluding hydrogens is 354 g/mol. The van der Waals surface area contributed by atoms with Gasteiger partial charge in [0.25, 0.3) is 5.69 Å². The van der Waals surface area contributed by atoms with Crippen molar-refractivity contribution in [2.24, 2.45) is 0 Å². The zero-order chi connectivity index (χ0) is 19.4. The fourth-order valence-corrected chi connectivity index (χ4v) is 3.08. The van der Waals surface area contributed by atoms with Gasteiger partial charge in [-0.25, -0.2) is 0 Å². The molecule has 0 amide bonds. The molecule has 0 N–H and O–H groups in total. The van der Waals surface area contributed by atoms with Crippen molar-refractivity contribution in [3.05, 3.63) is 82.2 Å². The Morgan fingerprint density at radius 3 is 2.33 bits per heavy atom. The Bertz CT molecular complexity index is 1010. The van der Waals surface area contributed by atoms with Gasteiger partial charge in [0.1, 0.15) is 13.8 Å². The molecule has 1 aromatic heterocycles. The first kappa shape index (κ1) is 18.6. The molecule has 0 spiro atoms. The highest BCUT2D eigenvalue weighted by Crippen LogP contribution is 2.25. The Hall–Kier alpha value is -3.17. The van der Waals surface area contributed by atoms with Crippen molar-refractivity contribution in [3.8, 4) is 22.6 Å². The molecule has 0 saturated carbocycles. The lowest BCUT2D eigenvalue weighted by Gasteiger charge is -2.03. The highest BCUT2D eigenvalue weighted by atomic mass is 28.3. The molecular formula is C21H21N3O2Si. The van der Waals surface area contributed by atoms with Gasteiger partial charge in [-0.1, -0.05) is 55.9 Å². The van der Waals surface area contributed by atoms with Gasteiger partial charge in [-0.2, -0.15) is 5.10 Å². The van der Waals surface area contributed by atoms with E-state index in [1.807, 2.05) is 29.1 Å². The van der Waals surface area contributed by atoms with E-state index in [9.17, 15) is 10.1 Å². The Labute approximate surface area is 159 Å². The Balaban J connectivity index is 2.01. The summed E-state index contributed by atoms with van der Waals surface area (Å²) < 4.78 is 1.88. The zero-order valence-electron chi connectivity index (χ0n) is 15.6. The molecule has 1 heterocycles. The second-order valence-electron chi connectivity index (χ2n) is 7.38. The predicted molar refractivity (Wildman–Crippen MR) is 110 cm³/mol. The van der Waals surface area contributed by atoms with Crippen molar-refractivity contribution in [1.29, 1.82) is 0 Å². The van der Waals surface area contributed by atoms with Crippen LogP contribution in [-0.2, 0) is 6.54 Å². The molecule has 136 valence electrons. The van der Waals surface area contributed by atoms with Crippen LogP contribution in [0.4, 0.5) is 5.69 Å². The summed E-state index contributed by atoms with van der Waals surface area (Å²) in [5.41, 5.74) is 7.07. The highest BCUT2D eigenvalue weighted by Gasteiger charge is 2.14. The monoisotopic (exact) mass is 375 g/mol. The topological polar surface area (TPSA) is 61.0 Å². The molecule has 27 heavy (non-hydrogen) atoms. The summed E-state index contributed by atoms with van der Waals surface area (Å²) in [7, 11) is -1.55. The molecule has 3 rings (SSSR count). The average molecular weight is 376 g/mol. The zero-order valence-corrected chi connectivity index (χ0v) is 16.6. The van der Waals surface area contributed by atoms with Gasteiger partial charge < -0.3 is 0 Å². The smallest absolute Gasteiger partial charge is 0.266 e. The van der Waals surface area contributed by atoms with Crippen molar-refractivity contribution >= 4 is 13.8 Å². The number of nitrogens with zero attached hydrogens (tertiary/aromatic N) is 3. The van der Waals surface area contributed by atoms with E-state index < -0.39 is 13.0 Å². The standard InChI is InChI=1S/C21H21N3O2Si/c1-27(2,3)14-13-21-20(18-9-11-19(12-10-18)24(25)26)16-23(22-21)15-17-7-5-4-6-8-17/h4-12,16H,15H2,1-3H3. The molecule has 0 radical (unpaired) electrons. The van der Waals surface area contributed by atoms with Gasteiger partial charge in [-0.05, 0) is 23.3 Å². The second kappa shape index (κ2) is 7.60. The molecule has 0 aliphatic carbocycles. The predicted octanol–water partition coefficient (Wildman–Crippen LogP) is 4.74. The van der Waals surface area contributed by atoms with E-state index in [1.165, 1.54) is 12.1 Å². The third-order valence-electron chi connectivity index (χ3n) is 3.89. The summed E-state index contributed by atoms with van der Waals surface area (Å²) in [5.74, 6) is 3.24. The molecule has 0 fully saturated rings. The van der Waals surface area contributed by atoms with Crippen LogP contribution in [0.5, 0.6) is 0 Å². The minimum Gasteiger partial charge on any atom is -0.266 e. The number of hydrogen-bond acceptors (Lipinski definition) is 3. The number of rotatable bonds is 4. The van der Waals surface area contributed by atoms with Crippen LogP contribution < -0.4 is 0 Å². The average Bonchev–Trinajstić information content (AvgIpc) is 3.03. The van der Waals surface area contributed by atoms with E-state index in [2.05, 4.69) is 48.3 Å². The van der Waals surface area contributed by atoms with Crippen LogP contribution in [0.1, 0.15) is 11.3 Å². The van der Waals surface area contributed by atoms with E-state index in [0.717, 1.165) is 16.7 Å². The normalized spacial score (nSPS) is 10.9. The van der Waals surface area contributed by atoms with Crippen LogP contribution in [0, 0.1) is 21.6 Å². The van der Waals surface area contributed by atoms with Crippen molar-refractivity contribution in [2.75, 3.05) is 0 Å². The van der Waals surface area contributed by atoms with Crippen molar-refractivity contribution in [3.63, 3.8) is 0 Å². The van der Waals surface area contributed by atoms with Crippen LogP contribution >= 0.6 is 0 Å². The van der Waals surface area contributed by atoms with E-state index in [-0.39, 0.29) is 5.69 Å². The van der Waals surface area contributed by atoms with E-state index in [1.54, 1.807) is 12.1 Å². The van der Waals surface area contributed by atoms with Crippen LogP contribution in [0.15, 0.2) is 60.8 Å². The molecule has 0 bridgehead atoms. The first-order chi connectivity index (χ1) is 12.8. The molecule has 6 heteroatoms. The summed E-state index contributed by atoms with van der Waals surface area (Å²) in [6.45, 7) is 7.21. The highest BCUT2D eigenvalue weighted by molar-refractivity contribution is 6.83. The van der Waals surface area contributed by atoms with Crippen LogP contribution in [0.2, 0.25) is 19.6 Å². The fourth-order valence-electron chi connectivity index (χ4n) is 2.59. The minimum atomic E-state index is -1.55. The minimum absolute atomic E-state index is 0.0742. The molecule has 3 aromatic rings. The van der Waals surface area contributed by atoms with Crippen molar-refractivity contribution in [2.45, 2.75) is 26.2 Å². The Morgan fingerprint density at radius 2 is 1.74 bits per heavy atom. The van der Waals surface area contributed by atoms with Gasteiger partial charge in [-0.3, -0.25) is 14.8 Å². The first-order valence-corrected chi connectivity index (χ1v) is 12.2. The summed E-state index contributed by atoms with van der Waals surface area (Å²) in [6, 6.07) is 16.6. The van der Waals surface area contributed by atoms with E-state index in [0.29, 0.717) is 12.2 Å². The van der Waals surface area contributed by atoms with Gasteiger partial charge in [-0.15, -0.1) is 5.54 Å². The lowest BCUT2D eigenvalue weighted by atomic mass is 10.1. The second-order valence-corrected chi connectivity index (χ2v) is 12.1. The molecule has 0 aliphatic heterocycles. The lowest BCUT2D eigenvalue weighted by Crippen LogP contribution is -2.16. The number of nitro benzene ring substituents is 1. The third-order valence-corrected chi connectivity index (χ3v) is 4.77. The van der Waals surface area contributed by atoms with E-state index in [4.69, 9.17) is 0 Å². The number of non-ortho nitro benzene ring substituents is 1. The van der Waals surface area contributed by atoms with Gasteiger partial charge in [0.2, 0.25) is 0 Å². The van der Waals surface area contributed by atoms with Gasteiger partial charge in [0.05, 0.1) is 11.5 Å². The van der Waals surface area contributed by atoms with Crippen LogP contribution in [0.25, 0.3) is 11.1 Å². The fraction of sp³-hybridized carbons (Fsp3) is 0.190. The molecule has 5 nitrogen and oxygen atoms in total. The maximum atomic E-state index is 10.9.